The molecular formula is C26H19N3O4. The van der Waals surface area contributed by atoms with Gasteiger partial charge in [0, 0.05) is 24.2 Å². The maximum absolute atomic E-state index is 13.5. The predicted octanol–water partition coefficient (Wildman–Crippen LogP) is 5.28. The summed E-state index contributed by atoms with van der Waals surface area (Å²) in [5.41, 5.74) is 4.10. The van der Waals surface area contributed by atoms with Gasteiger partial charge in [-0.3, -0.25) is 24.1 Å². The number of nitro benzene ring substituents is 1. The number of rotatable bonds is 6. The number of aromatic nitrogens is 2. The highest BCUT2D eigenvalue weighted by Crippen LogP contribution is 2.30. The third-order valence-electron chi connectivity index (χ3n) is 5.76. The first kappa shape index (κ1) is 20.4. The zero-order valence-electron chi connectivity index (χ0n) is 17.8. The number of nitro groups is 1. The minimum absolute atomic E-state index is 0.160. The summed E-state index contributed by atoms with van der Waals surface area (Å²) in [7, 11) is 0. The van der Waals surface area contributed by atoms with Crippen LogP contribution in [0.2, 0.25) is 0 Å². The van der Waals surface area contributed by atoms with E-state index in [1.807, 2.05) is 59.2 Å². The van der Waals surface area contributed by atoms with E-state index in [9.17, 15) is 19.7 Å². The van der Waals surface area contributed by atoms with E-state index in [1.54, 1.807) is 16.5 Å². The number of carbonyl (C=O) groups excluding carboxylic acids is 2. The first-order valence-corrected chi connectivity index (χ1v) is 10.4. The molecular weight excluding hydrogens is 418 g/mol. The molecule has 162 valence electrons. The van der Waals surface area contributed by atoms with Crippen molar-refractivity contribution < 1.29 is 14.5 Å². The topological polar surface area (TPSA) is 86.6 Å². The number of carbonyl (C=O) groups is 2. The van der Waals surface area contributed by atoms with Crippen molar-refractivity contribution in [2.75, 3.05) is 0 Å². The molecule has 0 aliphatic rings. The molecule has 0 saturated carbocycles. The molecule has 0 amide bonds. The van der Waals surface area contributed by atoms with Gasteiger partial charge in [-0.2, -0.15) is 0 Å². The molecule has 7 heteroatoms. The molecule has 0 unspecified atom stereocenters. The van der Waals surface area contributed by atoms with Crippen LogP contribution in [0.15, 0.2) is 84.9 Å². The average molecular weight is 437 g/mol. The summed E-state index contributed by atoms with van der Waals surface area (Å²) in [4.78, 5) is 36.8. The molecule has 0 aliphatic heterocycles. The van der Waals surface area contributed by atoms with Crippen LogP contribution in [0.4, 0.5) is 5.69 Å². The highest BCUT2D eigenvalue weighted by Gasteiger charge is 2.25. The quantitative estimate of drug-likeness (QED) is 0.205. The van der Waals surface area contributed by atoms with E-state index in [0.717, 1.165) is 16.6 Å². The molecule has 0 radical (unpaired) electrons. The predicted molar refractivity (Wildman–Crippen MR) is 125 cm³/mol. The number of non-ortho nitro benzene ring substituents is 1. The number of fused-ring (bicyclic) bond motifs is 3. The maximum Gasteiger partial charge on any atom is 0.270 e. The normalized spacial score (nSPS) is 11.2. The second-order valence-corrected chi connectivity index (χ2v) is 7.86. The van der Waals surface area contributed by atoms with Crippen LogP contribution < -0.4 is 0 Å². The van der Waals surface area contributed by atoms with Gasteiger partial charge in [-0.25, -0.2) is 0 Å². The summed E-state index contributed by atoms with van der Waals surface area (Å²) >= 11 is 0. The third-order valence-corrected chi connectivity index (χ3v) is 5.76. The van der Waals surface area contributed by atoms with Crippen molar-refractivity contribution in [2.45, 2.75) is 13.5 Å². The molecule has 2 aromatic heterocycles. The Morgan fingerprint density at radius 3 is 2.27 bits per heavy atom. The van der Waals surface area contributed by atoms with Gasteiger partial charge in [-0.05, 0) is 30.7 Å². The maximum atomic E-state index is 13.5. The Kier molecular flexibility index (Phi) is 4.86. The van der Waals surface area contributed by atoms with Crippen molar-refractivity contribution in [1.29, 1.82) is 0 Å². The summed E-state index contributed by atoms with van der Waals surface area (Å²) < 4.78 is 3.82. The van der Waals surface area contributed by atoms with Crippen LogP contribution >= 0.6 is 0 Å². The largest absolute Gasteiger partial charge is 0.321 e. The van der Waals surface area contributed by atoms with Crippen LogP contribution in [-0.4, -0.2) is 25.5 Å². The van der Waals surface area contributed by atoms with Crippen LogP contribution in [-0.2, 0) is 6.54 Å². The average Bonchev–Trinajstić information content (AvgIpc) is 3.36. The third kappa shape index (κ3) is 3.40. The van der Waals surface area contributed by atoms with Crippen molar-refractivity contribution in [3.05, 3.63) is 117 Å². The highest BCUT2D eigenvalue weighted by atomic mass is 16.6. The first-order chi connectivity index (χ1) is 16.0. The van der Waals surface area contributed by atoms with Crippen LogP contribution in [0.5, 0.6) is 0 Å². The van der Waals surface area contributed by atoms with E-state index in [-0.39, 0.29) is 22.8 Å². The summed E-state index contributed by atoms with van der Waals surface area (Å²) in [6.45, 7) is 1.99. The van der Waals surface area contributed by atoms with E-state index in [2.05, 4.69) is 0 Å². The molecule has 7 nitrogen and oxygen atoms in total. The Bertz CT molecular complexity index is 1560. The SMILES string of the molecule is CC(=O)c1cc(C(=O)c2cccc([N+](=O)[O-])c2)n2c3ccccc3n(Cc3ccccc3)c12. The zero-order chi connectivity index (χ0) is 23.1. The molecule has 0 spiro atoms. The van der Waals surface area contributed by atoms with Gasteiger partial charge in [-0.1, -0.05) is 54.6 Å². The van der Waals surface area contributed by atoms with Crippen LogP contribution in [0.1, 0.15) is 38.9 Å². The van der Waals surface area contributed by atoms with Crippen LogP contribution in [0, 0.1) is 10.1 Å². The lowest BCUT2D eigenvalue weighted by molar-refractivity contribution is -0.384. The molecule has 5 rings (SSSR count). The molecule has 3 aromatic carbocycles. The Labute approximate surface area is 188 Å². The summed E-state index contributed by atoms with van der Waals surface area (Å²) in [5.74, 6) is -0.550. The van der Waals surface area contributed by atoms with E-state index < -0.39 is 4.92 Å². The molecule has 0 N–H and O–H groups in total. The fourth-order valence-electron chi connectivity index (χ4n) is 4.27. The Hall–Kier alpha value is -4.52. The van der Waals surface area contributed by atoms with Crippen molar-refractivity contribution in [1.82, 2.24) is 8.97 Å². The van der Waals surface area contributed by atoms with E-state index in [0.29, 0.717) is 23.4 Å². The monoisotopic (exact) mass is 437 g/mol. The van der Waals surface area contributed by atoms with Gasteiger partial charge in [0.2, 0.25) is 5.78 Å². The smallest absolute Gasteiger partial charge is 0.270 e. The lowest BCUT2D eigenvalue weighted by Crippen LogP contribution is -2.05. The van der Waals surface area contributed by atoms with Gasteiger partial charge in [0.25, 0.3) is 5.69 Å². The number of hydrogen-bond acceptors (Lipinski definition) is 4. The molecule has 0 atom stereocenters. The second-order valence-electron chi connectivity index (χ2n) is 7.86. The Balaban J connectivity index is 1.79. The fourth-order valence-corrected chi connectivity index (χ4v) is 4.27. The molecule has 0 bridgehead atoms. The Morgan fingerprint density at radius 2 is 1.58 bits per heavy atom. The lowest BCUT2D eigenvalue weighted by atomic mass is 10.1. The number of imidazole rings is 1. The minimum atomic E-state index is -0.531. The number of hydrogen-bond donors (Lipinski definition) is 0. The molecule has 5 aromatic rings. The zero-order valence-corrected chi connectivity index (χ0v) is 17.8. The number of Topliss-reactive ketones (excluding diaryl/α,β-unsaturated/α-hetero) is 1. The lowest BCUT2D eigenvalue weighted by Gasteiger charge is -2.07. The summed E-state index contributed by atoms with van der Waals surface area (Å²) in [6, 6.07) is 24.8. The number of benzene rings is 3. The number of para-hydroxylation sites is 2. The van der Waals surface area contributed by atoms with Gasteiger partial charge in [-0.15, -0.1) is 0 Å². The Morgan fingerprint density at radius 1 is 0.879 bits per heavy atom. The van der Waals surface area contributed by atoms with Gasteiger partial charge < -0.3 is 4.57 Å². The minimum Gasteiger partial charge on any atom is -0.321 e. The highest BCUT2D eigenvalue weighted by molar-refractivity contribution is 6.13. The van der Waals surface area contributed by atoms with Crippen LogP contribution in [0.25, 0.3) is 16.7 Å². The van der Waals surface area contributed by atoms with E-state index in [4.69, 9.17) is 0 Å². The van der Waals surface area contributed by atoms with Gasteiger partial charge >= 0.3 is 0 Å². The first-order valence-electron chi connectivity index (χ1n) is 10.4. The van der Waals surface area contributed by atoms with Crippen molar-refractivity contribution in [3.8, 4) is 0 Å². The fraction of sp³-hybridized carbons (Fsp3) is 0.0769. The van der Waals surface area contributed by atoms with Crippen molar-refractivity contribution >= 4 is 33.9 Å². The number of ketones is 2. The molecule has 33 heavy (non-hydrogen) atoms. The van der Waals surface area contributed by atoms with E-state index >= 15 is 0 Å². The molecule has 0 fully saturated rings. The molecule has 0 saturated heterocycles. The second kappa shape index (κ2) is 7.87. The number of nitrogens with zero attached hydrogens (tertiary/aromatic N) is 3. The summed E-state index contributed by atoms with van der Waals surface area (Å²) in [6.07, 6.45) is 0. The van der Waals surface area contributed by atoms with Gasteiger partial charge in [0.15, 0.2) is 5.78 Å². The van der Waals surface area contributed by atoms with Crippen molar-refractivity contribution in [3.63, 3.8) is 0 Å². The molecule has 2 heterocycles. The standard InChI is InChI=1S/C26H19N3O4/c1-17(30)21-15-24(25(31)19-10-7-11-20(14-19)29(32)33)28-23-13-6-5-12-22(23)27(26(21)28)16-18-8-3-2-4-9-18/h2-15H,16H2,1H3. The molecule has 0 aliphatic carbocycles. The van der Waals surface area contributed by atoms with Crippen LogP contribution in [0.3, 0.4) is 0 Å². The summed E-state index contributed by atoms with van der Waals surface area (Å²) in [5, 5.41) is 11.2. The van der Waals surface area contributed by atoms with Gasteiger partial charge in [0.05, 0.1) is 27.2 Å². The van der Waals surface area contributed by atoms with Crippen molar-refractivity contribution in [2.24, 2.45) is 0 Å². The van der Waals surface area contributed by atoms with E-state index in [1.165, 1.54) is 25.1 Å². The van der Waals surface area contributed by atoms with Gasteiger partial charge in [0.1, 0.15) is 5.65 Å².